The second kappa shape index (κ2) is 12.8. The van der Waals surface area contributed by atoms with Crippen LogP contribution in [0.25, 0.3) is 0 Å². The van der Waals surface area contributed by atoms with Gasteiger partial charge in [0, 0.05) is 57.8 Å². The fourth-order valence-electron chi connectivity index (χ4n) is 3.83. The van der Waals surface area contributed by atoms with Crippen molar-refractivity contribution < 1.29 is 9.15 Å². The van der Waals surface area contributed by atoms with Gasteiger partial charge in [-0.1, -0.05) is 6.92 Å². The molecule has 2 fully saturated rings. The van der Waals surface area contributed by atoms with Crippen LogP contribution in [0.1, 0.15) is 26.5 Å². The summed E-state index contributed by atoms with van der Waals surface area (Å²) < 4.78 is 10.9. The highest BCUT2D eigenvalue weighted by Gasteiger charge is 2.31. The minimum atomic E-state index is 0. The SMILES string of the molecule is CC1CN(C(C)C)CC1NC(=NCCN1CCOCC1)NCCc1ccco1.I. The Bertz CT molecular complexity index is 590. The second-order valence-corrected chi connectivity index (χ2v) is 8.22. The maximum absolute atomic E-state index is 5.44. The molecule has 0 aliphatic carbocycles. The molecule has 1 aromatic heterocycles. The Balaban J connectivity index is 0.00000300. The van der Waals surface area contributed by atoms with Crippen molar-refractivity contribution in [3.63, 3.8) is 0 Å². The Labute approximate surface area is 192 Å². The highest BCUT2D eigenvalue weighted by Crippen LogP contribution is 2.18. The lowest BCUT2D eigenvalue weighted by molar-refractivity contribution is 0.0394. The van der Waals surface area contributed by atoms with Crippen LogP contribution in [0.4, 0.5) is 0 Å². The van der Waals surface area contributed by atoms with Crippen molar-refractivity contribution in [3.8, 4) is 0 Å². The van der Waals surface area contributed by atoms with Gasteiger partial charge in [-0.15, -0.1) is 24.0 Å². The molecule has 2 N–H and O–H groups in total. The van der Waals surface area contributed by atoms with Crippen molar-refractivity contribution in [1.82, 2.24) is 20.4 Å². The lowest BCUT2D eigenvalue weighted by Crippen LogP contribution is -2.47. The maximum Gasteiger partial charge on any atom is 0.191 e. The zero-order valence-electron chi connectivity index (χ0n) is 18.1. The monoisotopic (exact) mass is 519 g/mol. The van der Waals surface area contributed by atoms with E-state index in [1.165, 1.54) is 0 Å². The summed E-state index contributed by atoms with van der Waals surface area (Å²) in [7, 11) is 0. The molecule has 2 unspecified atom stereocenters. The first-order valence-electron chi connectivity index (χ1n) is 10.7. The number of furan rings is 1. The van der Waals surface area contributed by atoms with Crippen molar-refractivity contribution in [2.75, 3.05) is 59.0 Å². The summed E-state index contributed by atoms with van der Waals surface area (Å²) in [5.41, 5.74) is 0. The molecule has 2 aliphatic rings. The Morgan fingerprint density at radius 3 is 2.72 bits per heavy atom. The molecule has 3 heterocycles. The maximum atomic E-state index is 5.44. The molecule has 3 rings (SSSR count). The summed E-state index contributed by atoms with van der Waals surface area (Å²) in [6.45, 7) is 15.4. The highest BCUT2D eigenvalue weighted by atomic mass is 127. The molecule has 0 amide bonds. The van der Waals surface area contributed by atoms with Crippen LogP contribution in [0.15, 0.2) is 27.8 Å². The molecule has 2 saturated heterocycles. The summed E-state index contributed by atoms with van der Waals surface area (Å²) in [6.07, 6.45) is 2.58. The third kappa shape index (κ3) is 8.07. The lowest BCUT2D eigenvalue weighted by Gasteiger charge is -2.26. The quantitative estimate of drug-likeness (QED) is 0.312. The highest BCUT2D eigenvalue weighted by molar-refractivity contribution is 14.0. The van der Waals surface area contributed by atoms with Crippen LogP contribution < -0.4 is 10.6 Å². The van der Waals surface area contributed by atoms with Gasteiger partial charge in [0.25, 0.3) is 0 Å². The standard InChI is InChI=1S/C21H37N5O2.HI/c1-17(2)26-15-18(3)20(16-26)24-21(22-7-6-19-5-4-12-28-19)23-8-9-25-10-13-27-14-11-25;/h4-5,12,17-18,20H,6-11,13-16H2,1-3H3,(H2,22,23,24);1H. The van der Waals surface area contributed by atoms with Gasteiger partial charge in [-0.25, -0.2) is 0 Å². The van der Waals surface area contributed by atoms with Crippen LogP contribution in [0, 0.1) is 5.92 Å². The molecule has 7 nitrogen and oxygen atoms in total. The number of aliphatic imine (C=N–C) groups is 1. The van der Waals surface area contributed by atoms with Gasteiger partial charge in [-0.2, -0.15) is 0 Å². The van der Waals surface area contributed by atoms with Gasteiger partial charge in [-0.3, -0.25) is 14.8 Å². The largest absolute Gasteiger partial charge is 0.469 e. The van der Waals surface area contributed by atoms with Crippen molar-refractivity contribution in [1.29, 1.82) is 0 Å². The second-order valence-electron chi connectivity index (χ2n) is 8.22. The number of nitrogens with zero attached hydrogens (tertiary/aromatic N) is 3. The van der Waals surface area contributed by atoms with Crippen LogP contribution in [-0.2, 0) is 11.2 Å². The Hall–Kier alpha value is -0.840. The van der Waals surface area contributed by atoms with Crippen molar-refractivity contribution in [2.45, 2.75) is 39.3 Å². The fraction of sp³-hybridized carbons (Fsp3) is 0.762. The molecule has 2 atom stereocenters. The lowest BCUT2D eigenvalue weighted by atomic mass is 10.1. The van der Waals surface area contributed by atoms with Gasteiger partial charge in [0.2, 0.25) is 0 Å². The molecule has 2 aliphatic heterocycles. The Kier molecular flexibility index (Phi) is 10.8. The first kappa shape index (κ1) is 24.4. The molecule has 0 radical (unpaired) electrons. The van der Waals surface area contributed by atoms with Crippen LogP contribution in [0.3, 0.4) is 0 Å². The minimum Gasteiger partial charge on any atom is -0.469 e. The van der Waals surface area contributed by atoms with Gasteiger partial charge in [-0.05, 0) is 31.9 Å². The summed E-state index contributed by atoms with van der Waals surface area (Å²) in [4.78, 5) is 9.83. The zero-order valence-corrected chi connectivity index (χ0v) is 20.4. The van der Waals surface area contributed by atoms with E-state index in [9.17, 15) is 0 Å². The van der Waals surface area contributed by atoms with E-state index in [0.717, 1.165) is 77.2 Å². The average molecular weight is 519 g/mol. The Morgan fingerprint density at radius 1 is 1.28 bits per heavy atom. The van der Waals surface area contributed by atoms with Gasteiger partial charge in [0.05, 0.1) is 26.0 Å². The predicted molar refractivity (Wildman–Crippen MR) is 128 cm³/mol. The number of ether oxygens (including phenoxy) is 1. The molecule has 166 valence electrons. The number of rotatable bonds is 8. The van der Waals surface area contributed by atoms with Crippen LogP contribution in [-0.4, -0.2) is 86.9 Å². The van der Waals surface area contributed by atoms with E-state index in [4.69, 9.17) is 14.1 Å². The third-order valence-electron chi connectivity index (χ3n) is 5.73. The van der Waals surface area contributed by atoms with Crippen LogP contribution in [0.5, 0.6) is 0 Å². The zero-order chi connectivity index (χ0) is 19.8. The minimum absolute atomic E-state index is 0. The summed E-state index contributed by atoms with van der Waals surface area (Å²) in [6, 6.07) is 4.97. The van der Waals surface area contributed by atoms with Gasteiger partial charge in [0.15, 0.2) is 5.96 Å². The van der Waals surface area contributed by atoms with Gasteiger partial charge in [0.1, 0.15) is 5.76 Å². The molecule has 29 heavy (non-hydrogen) atoms. The molecular weight excluding hydrogens is 481 g/mol. The number of halogens is 1. The number of hydrogen-bond acceptors (Lipinski definition) is 5. The summed E-state index contributed by atoms with van der Waals surface area (Å²) in [5.74, 6) is 2.53. The molecular formula is C21H38IN5O2. The van der Waals surface area contributed by atoms with E-state index < -0.39 is 0 Å². The number of hydrogen-bond donors (Lipinski definition) is 2. The van der Waals surface area contributed by atoms with E-state index in [2.05, 4.69) is 41.2 Å². The molecule has 0 saturated carbocycles. The summed E-state index contributed by atoms with van der Waals surface area (Å²) >= 11 is 0. The van der Waals surface area contributed by atoms with Gasteiger partial charge < -0.3 is 19.8 Å². The van der Waals surface area contributed by atoms with E-state index in [0.29, 0.717) is 18.0 Å². The third-order valence-corrected chi connectivity index (χ3v) is 5.73. The first-order chi connectivity index (χ1) is 13.6. The first-order valence-corrected chi connectivity index (χ1v) is 10.7. The number of nitrogens with one attached hydrogen (secondary N) is 2. The molecule has 0 bridgehead atoms. The topological polar surface area (TPSA) is 65.3 Å². The Morgan fingerprint density at radius 2 is 2.07 bits per heavy atom. The molecule has 8 heteroatoms. The molecule has 0 spiro atoms. The smallest absolute Gasteiger partial charge is 0.191 e. The van der Waals surface area contributed by atoms with Gasteiger partial charge >= 0.3 is 0 Å². The van der Waals surface area contributed by atoms with Crippen LogP contribution in [0.2, 0.25) is 0 Å². The fourth-order valence-corrected chi connectivity index (χ4v) is 3.83. The average Bonchev–Trinajstić information content (AvgIpc) is 3.33. The van der Waals surface area contributed by atoms with Crippen LogP contribution >= 0.6 is 24.0 Å². The van der Waals surface area contributed by atoms with Crippen molar-refractivity contribution in [3.05, 3.63) is 24.2 Å². The normalized spacial score (nSPS) is 23.9. The van der Waals surface area contributed by atoms with Crippen molar-refractivity contribution >= 4 is 29.9 Å². The van der Waals surface area contributed by atoms with E-state index in [1.54, 1.807) is 6.26 Å². The van der Waals surface area contributed by atoms with Crippen molar-refractivity contribution in [2.24, 2.45) is 10.9 Å². The number of morpholine rings is 1. The number of guanidine groups is 1. The summed E-state index contributed by atoms with van der Waals surface area (Å²) in [5, 5.41) is 7.20. The predicted octanol–water partition coefficient (Wildman–Crippen LogP) is 2.04. The molecule has 0 aromatic carbocycles. The van der Waals surface area contributed by atoms with E-state index in [-0.39, 0.29) is 24.0 Å². The molecule has 1 aromatic rings. The van der Waals surface area contributed by atoms with E-state index in [1.807, 2.05) is 12.1 Å². The van der Waals surface area contributed by atoms with E-state index >= 15 is 0 Å². The number of likely N-dealkylation sites (tertiary alicyclic amines) is 1.